The number of hydrogen-bond acceptors (Lipinski definition) is 3. The van der Waals surface area contributed by atoms with Gasteiger partial charge >= 0.3 is 0 Å². The predicted octanol–water partition coefficient (Wildman–Crippen LogP) is 3.18. The molecule has 0 radical (unpaired) electrons. The third kappa shape index (κ3) is 4.50. The van der Waals surface area contributed by atoms with E-state index in [-0.39, 0.29) is 0 Å². The molecular formula is C17H28N2O. The van der Waals surface area contributed by atoms with Crippen molar-refractivity contribution in [2.45, 2.75) is 51.6 Å². The predicted molar refractivity (Wildman–Crippen MR) is 83.9 cm³/mol. The lowest BCUT2D eigenvalue weighted by atomic mass is 9.98. The van der Waals surface area contributed by atoms with Gasteiger partial charge in [-0.2, -0.15) is 0 Å². The number of hydrogen-bond donors (Lipinski definition) is 1. The maximum atomic E-state index is 5.74. The molecule has 112 valence electrons. The van der Waals surface area contributed by atoms with Crippen molar-refractivity contribution >= 4 is 0 Å². The Morgan fingerprint density at radius 1 is 1.25 bits per heavy atom. The Morgan fingerprint density at radius 3 is 2.75 bits per heavy atom. The molecule has 0 bridgehead atoms. The normalized spacial score (nSPS) is 20.0. The van der Waals surface area contributed by atoms with Gasteiger partial charge in [-0.3, -0.25) is 4.90 Å². The summed E-state index contributed by atoms with van der Waals surface area (Å²) in [6.45, 7) is 5.97. The number of benzene rings is 1. The molecule has 1 aliphatic rings. The Hall–Kier alpha value is -1.06. The van der Waals surface area contributed by atoms with Crippen molar-refractivity contribution in [2.75, 3.05) is 19.7 Å². The Morgan fingerprint density at radius 2 is 2.05 bits per heavy atom. The van der Waals surface area contributed by atoms with Crippen LogP contribution in [0.15, 0.2) is 24.3 Å². The molecule has 0 aliphatic carbocycles. The topological polar surface area (TPSA) is 38.5 Å². The zero-order chi connectivity index (χ0) is 14.2. The van der Waals surface area contributed by atoms with E-state index in [0.717, 1.165) is 38.3 Å². The van der Waals surface area contributed by atoms with Crippen LogP contribution in [0.2, 0.25) is 0 Å². The molecule has 1 saturated heterocycles. The maximum absolute atomic E-state index is 5.74. The fraction of sp³-hybridized carbons (Fsp3) is 0.647. The van der Waals surface area contributed by atoms with Crippen LogP contribution >= 0.6 is 0 Å². The fourth-order valence-electron chi connectivity index (χ4n) is 2.93. The Labute approximate surface area is 123 Å². The first-order chi connectivity index (χ1) is 9.83. The van der Waals surface area contributed by atoms with Gasteiger partial charge in [0.05, 0.1) is 6.61 Å². The van der Waals surface area contributed by atoms with Gasteiger partial charge in [-0.05, 0) is 56.5 Å². The molecule has 1 fully saturated rings. The average Bonchev–Trinajstić information content (AvgIpc) is 2.49. The van der Waals surface area contributed by atoms with Crippen LogP contribution < -0.4 is 10.5 Å². The third-order valence-corrected chi connectivity index (χ3v) is 4.03. The molecule has 2 rings (SSSR count). The molecule has 3 heteroatoms. The van der Waals surface area contributed by atoms with Gasteiger partial charge in [0.25, 0.3) is 0 Å². The summed E-state index contributed by atoms with van der Waals surface area (Å²) in [5.41, 5.74) is 7.11. The molecular weight excluding hydrogens is 248 g/mol. The lowest BCUT2D eigenvalue weighted by molar-refractivity contribution is 0.134. The molecule has 2 N–H and O–H groups in total. The molecule has 0 saturated carbocycles. The highest BCUT2D eigenvalue weighted by atomic mass is 16.5. The molecule has 1 aromatic rings. The molecule has 1 aliphatic heterocycles. The SMILES string of the molecule is CCCOc1ccc(CN2CCCCC2CCN)cc1. The van der Waals surface area contributed by atoms with Gasteiger partial charge in [0.2, 0.25) is 0 Å². The van der Waals surface area contributed by atoms with Gasteiger partial charge < -0.3 is 10.5 Å². The lowest BCUT2D eigenvalue weighted by Gasteiger charge is -2.35. The van der Waals surface area contributed by atoms with Crippen molar-refractivity contribution in [3.05, 3.63) is 29.8 Å². The van der Waals surface area contributed by atoms with Crippen LogP contribution in [-0.2, 0) is 6.54 Å². The number of nitrogens with two attached hydrogens (primary N) is 1. The van der Waals surface area contributed by atoms with Gasteiger partial charge in [-0.15, -0.1) is 0 Å². The first kappa shape index (κ1) is 15.3. The molecule has 20 heavy (non-hydrogen) atoms. The van der Waals surface area contributed by atoms with E-state index in [1.54, 1.807) is 0 Å². The van der Waals surface area contributed by atoms with Crippen LogP contribution in [0.5, 0.6) is 5.75 Å². The molecule has 0 spiro atoms. The number of likely N-dealkylation sites (tertiary alicyclic amines) is 1. The summed E-state index contributed by atoms with van der Waals surface area (Å²) in [7, 11) is 0. The lowest BCUT2D eigenvalue weighted by Crippen LogP contribution is -2.40. The molecule has 0 aromatic heterocycles. The summed E-state index contributed by atoms with van der Waals surface area (Å²) >= 11 is 0. The van der Waals surface area contributed by atoms with Crippen molar-refractivity contribution in [1.82, 2.24) is 4.90 Å². The van der Waals surface area contributed by atoms with Crippen molar-refractivity contribution in [1.29, 1.82) is 0 Å². The van der Waals surface area contributed by atoms with Gasteiger partial charge in [0.15, 0.2) is 0 Å². The van der Waals surface area contributed by atoms with Crippen LogP contribution in [-0.4, -0.2) is 30.6 Å². The van der Waals surface area contributed by atoms with Crippen molar-refractivity contribution in [3.63, 3.8) is 0 Å². The molecule has 1 heterocycles. The van der Waals surface area contributed by atoms with E-state index in [1.165, 1.54) is 31.4 Å². The van der Waals surface area contributed by atoms with Crippen molar-refractivity contribution in [2.24, 2.45) is 5.73 Å². The largest absolute Gasteiger partial charge is 0.494 e. The minimum Gasteiger partial charge on any atom is -0.494 e. The van der Waals surface area contributed by atoms with Crippen LogP contribution in [0.25, 0.3) is 0 Å². The zero-order valence-electron chi connectivity index (χ0n) is 12.7. The van der Waals surface area contributed by atoms with E-state index in [4.69, 9.17) is 10.5 Å². The highest BCUT2D eigenvalue weighted by molar-refractivity contribution is 5.27. The summed E-state index contributed by atoms with van der Waals surface area (Å²) in [5.74, 6) is 0.979. The number of rotatable bonds is 7. The average molecular weight is 276 g/mol. The molecule has 1 unspecified atom stereocenters. The summed E-state index contributed by atoms with van der Waals surface area (Å²) in [5, 5.41) is 0. The van der Waals surface area contributed by atoms with Crippen LogP contribution in [0.3, 0.4) is 0 Å². The monoisotopic (exact) mass is 276 g/mol. The van der Waals surface area contributed by atoms with E-state index < -0.39 is 0 Å². The maximum Gasteiger partial charge on any atom is 0.119 e. The summed E-state index contributed by atoms with van der Waals surface area (Å²) in [6, 6.07) is 9.24. The highest BCUT2D eigenvalue weighted by Gasteiger charge is 2.21. The molecule has 0 amide bonds. The first-order valence-electron chi connectivity index (χ1n) is 7.99. The number of nitrogens with zero attached hydrogens (tertiary/aromatic N) is 1. The fourth-order valence-corrected chi connectivity index (χ4v) is 2.93. The van der Waals surface area contributed by atoms with Crippen LogP contribution in [0.1, 0.15) is 44.6 Å². The Bertz CT molecular complexity index is 375. The third-order valence-electron chi connectivity index (χ3n) is 4.03. The minimum atomic E-state index is 0.671. The van der Waals surface area contributed by atoms with Crippen LogP contribution in [0, 0.1) is 0 Å². The smallest absolute Gasteiger partial charge is 0.119 e. The van der Waals surface area contributed by atoms with E-state index in [1.807, 2.05) is 0 Å². The van der Waals surface area contributed by atoms with E-state index in [2.05, 4.69) is 36.1 Å². The van der Waals surface area contributed by atoms with Crippen molar-refractivity contribution < 1.29 is 4.74 Å². The van der Waals surface area contributed by atoms with Crippen LogP contribution in [0.4, 0.5) is 0 Å². The second-order valence-electron chi connectivity index (χ2n) is 5.69. The van der Waals surface area contributed by atoms with Gasteiger partial charge in [-0.1, -0.05) is 25.5 Å². The molecule has 1 aromatic carbocycles. The summed E-state index contributed by atoms with van der Waals surface area (Å²) in [6.07, 6.45) is 6.15. The Balaban J connectivity index is 1.90. The quantitative estimate of drug-likeness (QED) is 0.831. The standard InChI is InChI=1S/C17H28N2O/c1-2-13-20-17-8-6-15(7-9-17)14-19-12-4-3-5-16(19)10-11-18/h6-9,16H,2-5,10-14,18H2,1H3. The molecule has 3 nitrogen and oxygen atoms in total. The van der Waals surface area contributed by atoms with Gasteiger partial charge in [0.1, 0.15) is 5.75 Å². The second kappa shape index (κ2) is 8.28. The zero-order valence-corrected chi connectivity index (χ0v) is 12.7. The van der Waals surface area contributed by atoms with Gasteiger partial charge in [-0.25, -0.2) is 0 Å². The minimum absolute atomic E-state index is 0.671. The van der Waals surface area contributed by atoms with Crippen molar-refractivity contribution in [3.8, 4) is 5.75 Å². The highest BCUT2D eigenvalue weighted by Crippen LogP contribution is 2.22. The van der Waals surface area contributed by atoms with Gasteiger partial charge in [0, 0.05) is 12.6 Å². The first-order valence-corrected chi connectivity index (χ1v) is 7.99. The second-order valence-corrected chi connectivity index (χ2v) is 5.69. The summed E-state index contributed by atoms with van der Waals surface area (Å²) in [4.78, 5) is 2.60. The van der Waals surface area contributed by atoms with E-state index in [9.17, 15) is 0 Å². The molecule has 1 atom stereocenters. The Kier molecular flexibility index (Phi) is 6.34. The number of ether oxygens (including phenoxy) is 1. The van der Waals surface area contributed by atoms with E-state index >= 15 is 0 Å². The van der Waals surface area contributed by atoms with E-state index in [0.29, 0.717) is 6.04 Å². The summed E-state index contributed by atoms with van der Waals surface area (Å²) < 4.78 is 5.63. The number of piperidine rings is 1.